The van der Waals surface area contributed by atoms with Crippen molar-refractivity contribution in [3.05, 3.63) is 27.1 Å². The van der Waals surface area contributed by atoms with E-state index >= 15 is 0 Å². The van der Waals surface area contributed by atoms with Gasteiger partial charge in [0, 0.05) is 4.47 Å². The number of hydrogen-bond donors (Lipinski definition) is 1. The zero-order valence-corrected chi connectivity index (χ0v) is 12.8. The van der Waals surface area contributed by atoms with Gasteiger partial charge >= 0.3 is 0 Å². The predicted molar refractivity (Wildman–Crippen MR) is 72.8 cm³/mol. The van der Waals surface area contributed by atoms with Gasteiger partial charge in [0.25, 0.3) is 0 Å². The van der Waals surface area contributed by atoms with Gasteiger partial charge in [-0.05, 0) is 47.0 Å². The fourth-order valence-electron chi connectivity index (χ4n) is 0.983. The molecule has 90 valence electrons. The molecule has 1 atom stereocenters. The van der Waals surface area contributed by atoms with Gasteiger partial charge in [0.2, 0.25) is 0 Å². The van der Waals surface area contributed by atoms with Gasteiger partial charge in [0.1, 0.15) is 12.4 Å². The van der Waals surface area contributed by atoms with Crippen LogP contribution >= 0.6 is 31.9 Å². The summed E-state index contributed by atoms with van der Waals surface area (Å²) in [5.41, 5.74) is -0.813. The van der Waals surface area contributed by atoms with E-state index in [1.165, 1.54) is 0 Å². The molecule has 0 heterocycles. The van der Waals surface area contributed by atoms with Crippen LogP contribution in [-0.4, -0.2) is 17.3 Å². The molecule has 0 amide bonds. The highest BCUT2D eigenvalue weighted by molar-refractivity contribution is 9.11. The molecule has 0 saturated carbocycles. The first-order valence-electron chi connectivity index (χ1n) is 5.13. The Morgan fingerprint density at radius 2 is 2.00 bits per heavy atom. The summed E-state index contributed by atoms with van der Waals surface area (Å²) >= 11 is 6.79. The van der Waals surface area contributed by atoms with Crippen LogP contribution in [0.25, 0.3) is 0 Å². The lowest BCUT2D eigenvalue weighted by molar-refractivity contribution is -0.0268. The number of hydrogen-bond acceptors (Lipinski definition) is 2. The smallest absolute Gasteiger partial charge is 0.133 e. The summed E-state index contributed by atoms with van der Waals surface area (Å²) in [5, 5.41) is 10.0. The maximum Gasteiger partial charge on any atom is 0.133 e. The summed E-state index contributed by atoms with van der Waals surface area (Å²) in [5.74, 6) is 0.894. The van der Waals surface area contributed by atoms with Crippen LogP contribution in [0.4, 0.5) is 0 Å². The molecule has 0 bridgehead atoms. The molecule has 16 heavy (non-hydrogen) atoms. The first-order chi connectivity index (χ1) is 7.33. The number of rotatable bonds is 4. The van der Waals surface area contributed by atoms with Crippen molar-refractivity contribution in [1.82, 2.24) is 0 Å². The topological polar surface area (TPSA) is 29.5 Å². The van der Waals surface area contributed by atoms with E-state index in [9.17, 15) is 5.11 Å². The zero-order valence-electron chi connectivity index (χ0n) is 9.63. The second-order valence-electron chi connectivity index (χ2n) is 4.38. The lowest BCUT2D eigenvalue weighted by Gasteiger charge is -2.27. The molecule has 0 aromatic heterocycles. The van der Waals surface area contributed by atoms with Crippen molar-refractivity contribution in [1.29, 1.82) is 0 Å². The van der Waals surface area contributed by atoms with Gasteiger partial charge in [0.15, 0.2) is 0 Å². The third-order valence-corrected chi connectivity index (χ3v) is 3.77. The Morgan fingerprint density at radius 3 is 2.50 bits per heavy atom. The summed E-state index contributed by atoms with van der Waals surface area (Å²) in [6.07, 6.45) is 0. The van der Waals surface area contributed by atoms with Crippen LogP contribution in [0.15, 0.2) is 27.1 Å². The molecule has 1 aromatic rings. The van der Waals surface area contributed by atoms with E-state index in [0.717, 1.165) is 14.7 Å². The van der Waals surface area contributed by atoms with Crippen molar-refractivity contribution in [3.8, 4) is 5.75 Å². The van der Waals surface area contributed by atoms with Crippen LogP contribution in [0.5, 0.6) is 5.75 Å². The molecule has 0 saturated heterocycles. The number of benzene rings is 1. The first kappa shape index (κ1) is 14.0. The Morgan fingerprint density at radius 1 is 1.38 bits per heavy atom. The van der Waals surface area contributed by atoms with Crippen LogP contribution < -0.4 is 4.74 Å². The van der Waals surface area contributed by atoms with Gasteiger partial charge in [-0.1, -0.05) is 29.8 Å². The molecule has 4 heteroatoms. The fourth-order valence-corrected chi connectivity index (χ4v) is 2.14. The zero-order chi connectivity index (χ0) is 12.3. The maximum absolute atomic E-state index is 10.0. The van der Waals surface area contributed by atoms with Gasteiger partial charge in [-0.2, -0.15) is 0 Å². The highest BCUT2D eigenvalue weighted by Crippen LogP contribution is 2.29. The summed E-state index contributed by atoms with van der Waals surface area (Å²) in [4.78, 5) is 0. The molecule has 1 rings (SSSR count). The fraction of sp³-hybridized carbons (Fsp3) is 0.500. The predicted octanol–water partition coefficient (Wildman–Crippen LogP) is 4.00. The highest BCUT2D eigenvalue weighted by atomic mass is 79.9. The SMILES string of the molecule is CC(C)C(C)(O)COc1ccc(Br)cc1Br. The third kappa shape index (κ3) is 3.75. The molecule has 2 nitrogen and oxygen atoms in total. The monoisotopic (exact) mass is 350 g/mol. The Labute approximate surface area is 113 Å². The molecule has 0 aliphatic rings. The van der Waals surface area contributed by atoms with Gasteiger partial charge in [-0.15, -0.1) is 0 Å². The highest BCUT2D eigenvalue weighted by Gasteiger charge is 2.26. The minimum Gasteiger partial charge on any atom is -0.489 e. The van der Waals surface area contributed by atoms with Crippen LogP contribution in [0.2, 0.25) is 0 Å². The molecular weight excluding hydrogens is 336 g/mol. The van der Waals surface area contributed by atoms with E-state index in [-0.39, 0.29) is 12.5 Å². The van der Waals surface area contributed by atoms with E-state index in [4.69, 9.17) is 4.74 Å². The van der Waals surface area contributed by atoms with Crippen LogP contribution in [-0.2, 0) is 0 Å². The molecule has 1 N–H and O–H groups in total. The molecule has 1 unspecified atom stereocenters. The number of halogens is 2. The Kier molecular flexibility index (Phi) is 4.83. The Balaban J connectivity index is 2.68. The van der Waals surface area contributed by atoms with Crippen molar-refractivity contribution in [3.63, 3.8) is 0 Å². The van der Waals surface area contributed by atoms with Crippen molar-refractivity contribution in [2.75, 3.05) is 6.61 Å². The van der Waals surface area contributed by atoms with E-state index in [1.807, 2.05) is 32.0 Å². The Bertz CT molecular complexity index is 362. The second-order valence-corrected chi connectivity index (χ2v) is 6.15. The Hall–Kier alpha value is -0.0600. The average Bonchev–Trinajstić information content (AvgIpc) is 2.16. The second kappa shape index (κ2) is 5.52. The van der Waals surface area contributed by atoms with E-state index in [1.54, 1.807) is 6.92 Å². The molecule has 0 aliphatic heterocycles. The minimum atomic E-state index is -0.813. The van der Waals surface area contributed by atoms with E-state index in [2.05, 4.69) is 31.9 Å². The average molecular weight is 352 g/mol. The van der Waals surface area contributed by atoms with Crippen molar-refractivity contribution >= 4 is 31.9 Å². The number of aliphatic hydroxyl groups is 1. The van der Waals surface area contributed by atoms with Crippen molar-refractivity contribution < 1.29 is 9.84 Å². The van der Waals surface area contributed by atoms with Crippen LogP contribution in [0.1, 0.15) is 20.8 Å². The first-order valence-corrected chi connectivity index (χ1v) is 6.72. The van der Waals surface area contributed by atoms with Gasteiger partial charge in [-0.25, -0.2) is 0 Å². The lowest BCUT2D eigenvalue weighted by atomic mass is 9.94. The quantitative estimate of drug-likeness (QED) is 0.888. The van der Waals surface area contributed by atoms with Gasteiger partial charge in [0.05, 0.1) is 10.1 Å². The summed E-state index contributed by atoms with van der Waals surface area (Å²) < 4.78 is 7.46. The van der Waals surface area contributed by atoms with Crippen LogP contribution in [0.3, 0.4) is 0 Å². The molecule has 0 radical (unpaired) electrons. The number of ether oxygens (including phenoxy) is 1. The standard InChI is InChI=1S/C12H16Br2O2/c1-8(2)12(3,15)7-16-11-5-4-9(13)6-10(11)14/h4-6,8,15H,7H2,1-3H3. The molecule has 0 fully saturated rings. The van der Waals surface area contributed by atoms with Crippen LogP contribution in [0, 0.1) is 5.92 Å². The van der Waals surface area contributed by atoms with E-state index < -0.39 is 5.60 Å². The summed E-state index contributed by atoms with van der Waals surface area (Å²) in [6, 6.07) is 5.69. The van der Waals surface area contributed by atoms with Crippen molar-refractivity contribution in [2.24, 2.45) is 5.92 Å². The summed E-state index contributed by atoms with van der Waals surface area (Å²) in [6.45, 7) is 6.01. The minimum absolute atomic E-state index is 0.154. The molecule has 0 spiro atoms. The lowest BCUT2D eigenvalue weighted by Crippen LogP contribution is -2.37. The van der Waals surface area contributed by atoms with Crippen molar-refractivity contribution in [2.45, 2.75) is 26.4 Å². The van der Waals surface area contributed by atoms with Gasteiger partial charge < -0.3 is 9.84 Å². The van der Waals surface area contributed by atoms with E-state index in [0.29, 0.717) is 0 Å². The third-order valence-electron chi connectivity index (χ3n) is 2.66. The molecule has 0 aliphatic carbocycles. The normalized spacial score (nSPS) is 14.9. The molecular formula is C12H16Br2O2. The van der Waals surface area contributed by atoms with Gasteiger partial charge in [-0.3, -0.25) is 0 Å². The largest absolute Gasteiger partial charge is 0.489 e. The maximum atomic E-state index is 10.0. The molecule has 1 aromatic carbocycles. The summed E-state index contributed by atoms with van der Waals surface area (Å²) in [7, 11) is 0.